The average Bonchev–Trinajstić information content (AvgIpc) is 2.36. The van der Waals surface area contributed by atoms with Crippen LogP contribution in [-0.4, -0.2) is 12.9 Å². The predicted molar refractivity (Wildman–Crippen MR) is 72.9 cm³/mol. The summed E-state index contributed by atoms with van der Waals surface area (Å²) in [5.41, 5.74) is 1.11. The SMILES string of the molecule is COc1cc(C)c2c(=O)cc(C(C)C(C)=O)oc2c1. The van der Waals surface area contributed by atoms with Gasteiger partial charge < -0.3 is 9.15 Å². The highest BCUT2D eigenvalue weighted by molar-refractivity contribution is 5.84. The Bertz CT molecular complexity index is 697. The van der Waals surface area contributed by atoms with E-state index in [0.717, 1.165) is 5.56 Å². The topological polar surface area (TPSA) is 56.5 Å². The molecule has 1 atom stereocenters. The molecule has 2 aromatic rings. The van der Waals surface area contributed by atoms with Gasteiger partial charge in [-0.1, -0.05) is 0 Å². The summed E-state index contributed by atoms with van der Waals surface area (Å²) in [7, 11) is 1.56. The van der Waals surface area contributed by atoms with E-state index in [2.05, 4.69) is 0 Å². The van der Waals surface area contributed by atoms with E-state index in [1.807, 2.05) is 6.92 Å². The van der Waals surface area contributed by atoms with Gasteiger partial charge in [0.1, 0.15) is 22.9 Å². The van der Waals surface area contributed by atoms with Gasteiger partial charge in [0, 0.05) is 12.1 Å². The van der Waals surface area contributed by atoms with Gasteiger partial charge in [-0.15, -0.1) is 0 Å². The zero-order valence-corrected chi connectivity index (χ0v) is 11.4. The van der Waals surface area contributed by atoms with Crippen molar-refractivity contribution in [2.75, 3.05) is 7.11 Å². The van der Waals surface area contributed by atoms with Gasteiger partial charge >= 0.3 is 0 Å². The monoisotopic (exact) mass is 260 g/mol. The average molecular weight is 260 g/mol. The Hall–Kier alpha value is -2.10. The summed E-state index contributed by atoms with van der Waals surface area (Å²) >= 11 is 0. The lowest BCUT2D eigenvalue weighted by molar-refractivity contribution is -0.118. The molecule has 1 aromatic carbocycles. The summed E-state index contributed by atoms with van der Waals surface area (Å²) in [6.07, 6.45) is 0. The molecule has 0 aliphatic heterocycles. The second kappa shape index (κ2) is 4.88. The summed E-state index contributed by atoms with van der Waals surface area (Å²) in [5, 5.41) is 0.528. The van der Waals surface area contributed by atoms with Crippen molar-refractivity contribution in [2.24, 2.45) is 0 Å². The fourth-order valence-corrected chi connectivity index (χ4v) is 2.01. The third-order valence-electron chi connectivity index (χ3n) is 3.29. The number of hydrogen-bond acceptors (Lipinski definition) is 4. The van der Waals surface area contributed by atoms with Gasteiger partial charge in [0.2, 0.25) is 0 Å². The molecule has 100 valence electrons. The number of aryl methyl sites for hydroxylation is 1. The van der Waals surface area contributed by atoms with Crippen molar-refractivity contribution >= 4 is 16.8 Å². The molecule has 4 nitrogen and oxygen atoms in total. The minimum absolute atomic E-state index is 0.0397. The molecule has 0 radical (unpaired) electrons. The van der Waals surface area contributed by atoms with E-state index in [1.165, 1.54) is 13.0 Å². The molecule has 0 saturated heterocycles. The Kier molecular flexibility index (Phi) is 3.42. The Morgan fingerprint density at radius 1 is 1.32 bits per heavy atom. The minimum atomic E-state index is -0.427. The Labute approximate surface area is 111 Å². The van der Waals surface area contributed by atoms with Crippen LogP contribution in [0.25, 0.3) is 11.0 Å². The van der Waals surface area contributed by atoms with E-state index in [4.69, 9.17) is 9.15 Å². The van der Waals surface area contributed by atoms with Gasteiger partial charge in [0.05, 0.1) is 18.4 Å². The number of rotatable bonds is 3. The lowest BCUT2D eigenvalue weighted by Crippen LogP contribution is -2.10. The maximum Gasteiger partial charge on any atom is 0.193 e. The highest BCUT2D eigenvalue weighted by atomic mass is 16.5. The van der Waals surface area contributed by atoms with Crippen LogP contribution in [0.3, 0.4) is 0 Å². The Morgan fingerprint density at radius 3 is 2.58 bits per heavy atom. The first-order valence-electron chi connectivity index (χ1n) is 6.07. The van der Waals surface area contributed by atoms with Crippen LogP contribution in [-0.2, 0) is 4.79 Å². The third kappa shape index (κ3) is 2.38. The molecule has 4 heteroatoms. The molecule has 1 heterocycles. The van der Waals surface area contributed by atoms with Gasteiger partial charge in [0.15, 0.2) is 5.43 Å². The maximum absolute atomic E-state index is 12.1. The van der Waals surface area contributed by atoms with E-state index in [0.29, 0.717) is 22.5 Å². The molecule has 0 aliphatic carbocycles. The highest BCUT2D eigenvalue weighted by Gasteiger charge is 2.16. The summed E-state index contributed by atoms with van der Waals surface area (Å²) in [6, 6.07) is 4.85. The lowest BCUT2D eigenvalue weighted by atomic mass is 10.0. The number of benzene rings is 1. The smallest absolute Gasteiger partial charge is 0.193 e. The number of fused-ring (bicyclic) bond motifs is 1. The van der Waals surface area contributed by atoms with Crippen molar-refractivity contribution in [3.8, 4) is 5.75 Å². The molecular weight excluding hydrogens is 244 g/mol. The van der Waals surface area contributed by atoms with Crippen molar-refractivity contribution in [1.29, 1.82) is 0 Å². The van der Waals surface area contributed by atoms with E-state index < -0.39 is 5.92 Å². The normalized spacial score (nSPS) is 12.4. The summed E-state index contributed by atoms with van der Waals surface area (Å²) < 4.78 is 10.9. The number of hydrogen-bond donors (Lipinski definition) is 0. The molecule has 2 rings (SSSR count). The lowest BCUT2D eigenvalue weighted by Gasteiger charge is -2.10. The van der Waals surface area contributed by atoms with Crippen LogP contribution in [0.1, 0.15) is 31.1 Å². The van der Waals surface area contributed by atoms with Crippen LogP contribution in [0.15, 0.2) is 27.4 Å². The van der Waals surface area contributed by atoms with E-state index >= 15 is 0 Å². The van der Waals surface area contributed by atoms with Crippen molar-refractivity contribution < 1.29 is 13.9 Å². The van der Waals surface area contributed by atoms with E-state index in [1.54, 1.807) is 26.2 Å². The van der Waals surface area contributed by atoms with Crippen LogP contribution in [0.5, 0.6) is 5.75 Å². The van der Waals surface area contributed by atoms with E-state index in [-0.39, 0.29) is 11.2 Å². The number of carbonyl (C=O) groups is 1. The second-order valence-electron chi connectivity index (χ2n) is 4.66. The number of methoxy groups -OCH3 is 1. The molecule has 0 saturated carbocycles. The quantitative estimate of drug-likeness (QED) is 0.851. The number of carbonyl (C=O) groups excluding carboxylic acids is 1. The van der Waals surface area contributed by atoms with Crippen LogP contribution in [0, 0.1) is 6.92 Å². The zero-order chi connectivity index (χ0) is 14.2. The molecule has 0 bridgehead atoms. The molecule has 19 heavy (non-hydrogen) atoms. The molecular formula is C15H16O4. The van der Waals surface area contributed by atoms with Crippen molar-refractivity contribution in [1.82, 2.24) is 0 Å². The number of ketones is 1. The first kappa shape index (κ1) is 13.3. The minimum Gasteiger partial charge on any atom is -0.497 e. The Balaban J connectivity index is 2.75. The van der Waals surface area contributed by atoms with Gasteiger partial charge in [-0.25, -0.2) is 0 Å². The van der Waals surface area contributed by atoms with Crippen LogP contribution in [0.2, 0.25) is 0 Å². The largest absolute Gasteiger partial charge is 0.497 e. The summed E-state index contributed by atoms with van der Waals surface area (Å²) in [6.45, 7) is 5.03. The summed E-state index contributed by atoms with van der Waals surface area (Å²) in [5.74, 6) is 0.546. The molecule has 0 fully saturated rings. The van der Waals surface area contributed by atoms with Gasteiger partial charge in [-0.05, 0) is 32.4 Å². The van der Waals surface area contributed by atoms with Crippen molar-refractivity contribution in [3.05, 3.63) is 39.7 Å². The maximum atomic E-state index is 12.1. The highest BCUT2D eigenvalue weighted by Crippen LogP contribution is 2.25. The third-order valence-corrected chi connectivity index (χ3v) is 3.29. The van der Waals surface area contributed by atoms with Gasteiger partial charge in [-0.2, -0.15) is 0 Å². The molecule has 0 spiro atoms. The van der Waals surface area contributed by atoms with Gasteiger partial charge in [0.25, 0.3) is 0 Å². The first-order chi connectivity index (χ1) is 8.93. The molecule has 1 unspecified atom stereocenters. The zero-order valence-electron chi connectivity index (χ0n) is 11.4. The van der Waals surface area contributed by atoms with Crippen molar-refractivity contribution in [3.63, 3.8) is 0 Å². The van der Waals surface area contributed by atoms with Gasteiger partial charge in [-0.3, -0.25) is 9.59 Å². The predicted octanol–water partition coefficient (Wildman–Crippen LogP) is 2.80. The molecule has 0 N–H and O–H groups in total. The fourth-order valence-electron chi connectivity index (χ4n) is 2.01. The van der Waals surface area contributed by atoms with Crippen molar-refractivity contribution in [2.45, 2.75) is 26.7 Å². The van der Waals surface area contributed by atoms with Crippen LogP contribution >= 0.6 is 0 Å². The molecule has 0 amide bonds. The number of Topliss-reactive ketones (excluding diaryl/α,β-unsaturated/α-hetero) is 1. The standard InChI is InChI=1S/C15H16O4/c1-8-5-11(18-4)6-14-15(8)12(17)7-13(19-14)9(2)10(3)16/h5-7,9H,1-4H3. The Morgan fingerprint density at radius 2 is 2.00 bits per heavy atom. The fraction of sp³-hybridized carbons (Fsp3) is 0.333. The molecule has 0 aliphatic rings. The first-order valence-corrected chi connectivity index (χ1v) is 6.07. The van der Waals surface area contributed by atoms with Crippen LogP contribution in [0.4, 0.5) is 0 Å². The van der Waals surface area contributed by atoms with Crippen LogP contribution < -0.4 is 10.2 Å². The second-order valence-corrected chi connectivity index (χ2v) is 4.66. The van der Waals surface area contributed by atoms with E-state index in [9.17, 15) is 9.59 Å². The number of ether oxygens (including phenoxy) is 1. The summed E-state index contributed by atoms with van der Waals surface area (Å²) in [4.78, 5) is 23.5. The molecule has 1 aromatic heterocycles.